The van der Waals surface area contributed by atoms with Gasteiger partial charge in [0, 0.05) is 18.4 Å². The van der Waals surface area contributed by atoms with Crippen molar-refractivity contribution in [1.29, 1.82) is 0 Å². The fourth-order valence-corrected chi connectivity index (χ4v) is 4.76. The fourth-order valence-electron chi connectivity index (χ4n) is 4.76. The summed E-state index contributed by atoms with van der Waals surface area (Å²) in [6.45, 7) is 0.684. The maximum atomic E-state index is 11.1. The zero-order chi connectivity index (χ0) is 25.5. The van der Waals surface area contributed by atoms with Crippen LogP contribution in [0.4, 0.5) is 5.82 Å². The first-order valence-electron chi connectivity index (χ1n) is 12.0. The van der Waals surface area contributed by atoms with Gasteiger partial charge in [0.15, 0.2) is 29.0 Å². The van der Waals surface area contributed by atoms with E-state index in [0.29, 0.717) is 47.0 Å². The molecule has 37 heavy (non-hydrogen) atoms. The zero-order valence-corrected chi connectivity index (χ0v) is 19.7. The Morgan fingerprint density at radius 2 is 2.00 bits per heavy atom. The molecule has 5 heterocycles. The summed E-state index contributed by atoms with van der Waals surface area (Å²) < 4.78 is 12.7. The number of nitrogens with zero attached hydrogens (tertiary/aromatic N) is 5. The van der Waals surface area contributed by atoms with Crippen LogP contribution >= 0.6 is 0 Å². The predicted octanol–water partition coefficient (Wildman–Crippen LogP) is 0.110. The number of fused-ring (bicyclic) bond motifs is 1. The number of aliphatic hydroxyl groups is 4. The van der Waals surface area contributed by atoms with E-state index in [4.69, 9.17) is 19.4 Å². The summed E-state index contributed by atoms with van der Waals surface area (Å²) in [7, 11) is 0. The number of nitrogens with one attached hydrogen (secondary N) is 2. The molecule has 0 saturated carbocycles. The normalized spacial score (nSPS) is 26.6. The van der Waals surface area contributed by atoms with Crippen LogP contribution in [0.5, 0.6) is 0 Å². The second-order valence-corrected chi connectivity index (χ2v) is 9.16. The molecular formula is C24H27N7O6. The van der Waals surface area contributed by atoms with E-state index >= 15 is 0 Å². The molecule has 0 aliphatic carbocycles. The lowest BCUT2D eigenvalue weighted by molar-refractivity contribution is -0.0511. The summed E-state index contributed by atoms with van der Waals surface area (Å²) in [4.78, 5) is 13.9. The molecule has 0 radical (unpaired) electrons. The third-order valence-electron chi connectivity index (χ3n) is 6.77. The minimum Gasteiger partial charge on any atom is -0.394 e. The molecule has 1 unspecified atom stereocenters. The van der Waals surface area contributed by atoms with E-state index in [1.54, 1.807) is 6.20 Å². The molecule has 13 heteroatoms. The molecule has 6 rings (SSSR count). The Labute approximate surface area is 210 Å². The topological polar surface area (TPSA) is 184 Å². The molecule has 2 aliphatic heterocycles. The quantitative estimate of drug-likeness (QED) is 0.199. The van der Waals surface area contributed by atoms with Crippen molar-refractivity contribution < 1.29 is 29.9 Å². The average molecular weight is 510 g/mol. The molecular weight excluding hydrogens is 482 g/mol. The Kier molecular flexibility index (Phi) is 6.32. The van der Waals surface area contributed by atoms with Gasteiger partial charge < -0.3 is 35.2 Å². The minimum atomic E-state index is -1.31. The van der Waals surface area contributed by atoms with Crippen LogP contribution in [0.25, 0.3) is 22.7 Å². The van der Waals surface area contributed by atoms with Gasteiger partial charge in [0.25, 0.3) is 0 Å². The van der Waals surface area contributed by atoms with Gasteiger partial charge in [0.1, 0.15) is 30.1 Å². The number of aromatic amines is 1. The van der Waals surface area contributed by atoms with Gasteiger partial charge in [-0.05, 0) is 12.0 Å². The number of anilines is 1. The highest BCUT2D eigenvalue weighted by atomic mass is 16.6. The lowest BCUT2D eigenvalue weighted by Gasteiger charge is -2.18. The largest absolute Gasteiger partial charge is 0.394 e. The molecule has 0 amide bonds. The van der Waals surface area contributed by atoms with Crippen molar-refractivity contribution in [2.45, 2.75) is 43.1 Å². The summed E-state index contributed by atoms with van der Waals surface area (Å²) in [5.74, 6) is 0.651. The minimum absolute atomic E-state index is 0.0126. The van der Waals surface area contributed by atoms with Crippen molar-refractivity contribution in [3.8, 4) is 11.5 Å². The molecule has 2 fully saturated rings. The third kappa shape index (κ3) is 4.25. The molecule has 6 N–H and O–H groups in total. The van der Waals surface area contributed by atoms with Gasteiger partial charge >= 0.3 is 0 Å². The number of aromatic nitrogens is 6. The second kappa shape index (κ2) is 9.78. The van der Waals surface area contributed by atoms with Gasteiger partial charge in [-0.2, -0.15) is 5.10 Å². The Bertz CT molecular complexity index is 1370. The van der Waals surface area contributed by atoms with Gasteiger partial charge in [-0.25, -0.2) is 15.0 Å². The molecule has 2 aliphatic rings. The van der Waals surface area contributed by atoms with Crippen LogP contribution in [0.15, 0.2) is 42.9 Å². The van der Waals surface area contributed by atoms with Crippen LogP contribution in [0.3, 0.4) is 0 Å². The SMILES string of the molecule is OC[C@H]1O[C@@H](n2cnc3c(N[C@@H]4CCOC4)nc(-c4n[nH]cc4C(O)c4ccccc4)nc32)[C@H](O)[C@@H]1O. The van der Waals surface area contributed by atoms with Crippen molar-refractivity contribution in [2.24, 2.45) is 0 Å². The van der Waals surface area contributed by atoms with E-state index in [1.807, 2.05) is 30.3 Å². The van der Waals surface area contributed by atoms with E-state index in [9.17, 15) is 20.4 Å². The number of ether oxygens (including phenoxy) is 2. The summed E-state index contributed by atoms with van der Waals surface area (Å²) in [5, 5.41) is 52.0. The van der Waals surface area contributed by atoms with Gasteiger partial charge in [0.05, 0.1) is 25.6 Å². The number of H-pyrrole nitrogens is 1. The smallest absolute Gasteiger partial charge is 0.184 e. The zero-order valence-electron chi connectivity index (χ0n) is 19.7. The molecule has 4 aromatic rings. The summed E-state index contributed by atoms with van der Waals surface area (Å²) in [6.07, 6.45) is -1.71. The Morgan fingerprint density at radius 1 is 1.16 bits per heavy atom. The van der Waals surface area contributed by atoms with Gasteiger partial charge in [-0.3, -0.25) is 9.67 Å². The van der Waals surface area contributed by atoms with Crippen LogP contribution in [0.1, 0.15) is 29.9 Å². The van der Waals surface area contributed by atoms with Crippen molar-refractivity contribution >= 4 is 17.0 Å². The van der Waals surface area contributed by atoms with E-state index < -0.39 is 37.3 Å². The van der Waals surface area contributed by atoms with Crippen molar-refractivity contribution in [1.82, 2.24) is 29.7 Å². The Morgan fingerprint density at radius 3 is 2.73 bits per heavy atom. The molecule has 1 aromatic carbocycles. The summed E-state index contributed by atoms with van der Waals surface area (Å²) >= 11 is 0. The second-order valence-electron chi connectivity index (χ2n) is 9.16. The third-order valence-corrected chi connectivity index (χ3v) is 6.77. The fraction of sp³-hybridized carbons (Fsp3) is 0.417. The summed E-state index contributed by atoms with van der Waals surface area (Å²) in [5.41, 5.74) is 2.26. The van der Waals surface area contributed by atoms with E-state index in [0.717, 1.165) is 6.42 Å². The average Bonchev–Trinajstić information content (AvgIpc) is 3.72. The standard InChI is InChI=1S/C24H27N7O6/c32-9-15-19(34)20(35)24(37-15)31-11-25-17-22(27-13-6-7-36-10-13)28-21(29-23(17)31)16-14(8-26-30-16)18(33)12-4-2-1-3-5-12/h1-5,8,11,13,15,18-20,24,32-35H,6-7,9-10H2,(H,26,30)(H,27,28,29)/t13-,15-,18?,19-,20-,24-/m1/s1. The van der Waals surface area contributed by atoms with Gasteiger partial charge in [-0.1, -0.05) is 30.3 Å². The van der Waals surface area contributed by atoms with Crippen molar-refractivity contribution in [2.75, 3.05) is 25.1 Å². The maximum absolute atomic E-state index is 11.1. The molecule has 2 saturated heterocycles. The van der Waals surface area contributed by atoms with Crippen molar-refractivity contribution in [3.05, 3.63) is 54.0 Å². The van der Waals surface area contributed by atoms with Crippen LogP contribution in [-0.2, 0) is 9.47 Å². The molecule has 3 aromatic heterocycles. The van der Waals surface area contributed by atoms with E-state index in [-0.39, 0.29) is 11.9 Å². The van der Waals surface area contributed by atoms with Crippen LogP contribution < -0.4 is 5.32 Å². The van der Waals surface area contributed by atoms with Gasteiger partial charge in [-0.15, -0.1) is 0 Å². The van der Waals surface area contributed by atoms with Crippen LogP contribution in [0.2, 0.25) is 0 Å². The summed E-state index contributed by atoms with van der Waals surface area (Å²) in [6, 6.07) is 9.19. The van der Waals surface area contributed by atoms with Crippen LogP contribution in [0, 0.1) is 0 Å². The highest BCUT2D eigenvalue weighted by molar-refractivity contribution is 5.85. The first-order valence-corrected chi connectivity index (χ1v) is 12.0. The first-order chi connectivity index (χ1) is 18.0. The Hall–Kier alpha value is -3.46. The monoisotopic (exact) mass is 509 g/mol. The lowest BCUT2D eigenvalue weighted by Crippen LogP contribution is -2.33. The molecule has 13 nitrogen and oxygen atoms in total. The molecule has 194 valence electrons. The number of hydrogen-bond donors (Lipinski definition) is 6. The number of aliphatic hydroxyl groups excluding tert-OH is 4. The highest BCUT2D eigenvalue weighted by Gasteiger charge is 2.44. The number of imidazole rings is 1. The lowest BCUT2D eigenvalue weighted by atomic mass is 10.0. The first kappa shape index (κ1) is 23.9. The van der Waals surface area contributed by atoms with E-state index in [1.165, 1.54) is 10.9 Å². The van der Waals surface area contributed by atoms with E-state index in [2.05, 4.69) is 20.5 Å². The maximum Gasteiger partial charge on any atom is 0.184 e. The predicted molar refractivity (Wildman–Crippen MR) is 129 cm³/mol. The van der Waals surface area contributed by atoms with Crippen LogP contribution in [-0.4, -0.2) is 94.3 Å². The Balaban J connectivity index is 1.46. The molecule has 6 atom stereocenters. The molecule has 0 spiro atoms. The number of rotatable bonds is 7. The number of hydrogen-bond acceptors (Lipinski definition) is 11. The van der Waals surface area contributed by atoms with Crippen molar-refractivity contribution in [3.63, 3.8) is 0 Å². The molecule has 0 bridgehead atoms. The van der Waals surface area contributed by atoms with Gasteiger partial charge in [0.2, 0.25) is 0 Å². The number of benzene rings is 1. The highest BCUT2D eigenvalue weighted by Crippen LogP contribution is 2.35.